The molecule has 10 heavy (non-hydrogen) atoms. The van der Waals surface area contributed by atoms with Crippen LogP contribution in [0.25, 0.3) is 0 Å². The van der Waals surface area contributed by atoms with Crippen molar-refractivity contribution in [3.63, 3.8) is 0 Å². The molecule has 1 atom stereocenters. The summed E-state index contributed by atoms with van der Waals surface area (Å²) in [5.41, 5.74) is 0. The Bertz CT molecular complexity index is 178. The van der Waals surface area contributed by atoms with Gasteiger partial charge in [-0.15, -0.1) is 0 Å². The van der Waals surface area contributed by atoms with Crippen LogP contribution in [-0.2, 0) is 4.79 Å². The van der Waals surface area contributed by atoms with Crippen molar-refractivity contribution >= 4 is 5.78 Å². The quantitative estimate of drug-likeness (QED) is 0.561. The average Bonchev–Trinajstić information content (AvgIpc) is 1.83. The monoisotopic (exact) mass is 150 g/mol. The third-order valence-corrected chi connectivity index (χ3v) is 0.752. The fraction of sp³-hybridized carbons (Fsp3) is 0.400. The molecule has 1 unspecified atom stereocenters. The van der Waals surface area contributed by atoms with E-state index in [-0.39, 0.29) is 0 Å². The van der Waals surface area contributed by atoms with Crippen LogP contribution >= 0.6 is 0 Å². The van der Waals surface area contributed by atoms with Gasteiger partial charge in [0.15, 0.2) is 0 Å². The van der Waals surface area contributed by atoms with Crippen molar-refractivity contribution < 1.29 is 18.0 Å². The van der Waals surface area contributed by atoms with E-state index in [1.807, 2.05) is 0 Å². The molecule has 0 aliphatic rings. The van der Waals surface area contributed by atoms with Crippen LogP contribution in [0.5, 0.6) is 0 Å². The number of ketones is 1. The lowest BCUT2D eigenvalue weighted by molar-refractivity contribution is -0.172. The smallest absolute Gasteiger partial charge is 0.288 e. The molecule has 1 radical (unpaired) electrons. The fourth-order valence-electron chi connectivity index (χ4n) is 0.256. The lowest BCUT2D eigenvalue weighted by Gasteiger charge is -2.04. The summed E-state index contributed by atoms with van der Waals surface area (Å²) in [6.07, 6.45) is -4.94. The summed E-state index contributed by atoms with van der Waals surface area (Å²) < 4.78 is 34.0. The minimum Gasteiger partial charge on any atom is -0.288 e. The Morgan fingerprint density at radius 1 is 1.60 bits per heavy atom. The first kappa shape index (κ1) is 8.95. The van der Waals surface area contributed by atoms with Gasteiger partial charge in [-0.05, 0) is 6.92 Å². The van der Waals surface area contributed by atoms with Crippen molar-refractivity contribution in [3.8, 4) is 6.07 Å². The third kappa shape index (κ3) is 2.05. The Morgan fingerprint density at radius 3 is 2.10 bits per heavy atom. The second-order valence-electron chi connectivity index (χ2n) is 1.54. The maximum absolute atomic E-state index is 11.3. The molecule has 55 valence electrons. The first-order valence-electron chi connectivity index (χ1n) is 2.23. The topological polar surface area (TPSA) is 40.9 Å². The number of alkyl halides is 3. The highest BCUT2D eigenvalue weighted by atomic mass is 19.4. The van der Waals surface area contributed by atoms with Crippen LogP contribution in [0.15, 0.2) is 0 Å². The van der Waals surface area contributed by atoms with Gasteiger partial charge in [0.2, 0.25) is 0 Å². The van der Waals surface area contributed by atoms with Gasteiger partial charge >= 0.3 is 6.18 Å². The largest absolute Gasteiger partial charge is 0.451 e. The van der Waals surface area contributed by atoms with Crippen LogP contribution in [0.3, 0.4) is 0 Å². The lowest BCUT2D eigenvalue weighted by Crippen LogP contribution is -2.28. The van der Waals surface area contributed by atoms with Crippen molar-refractivity contribution in [2.24, 2.45) is 5.92 Å². The minimum absolute atomic E-state index is 1.09. The fourth-order valence-corrected chi connectivity index (χ4v) is 0.256. The van der Waals surface area contributed by atoms with E-state index < -0.39 is 17.9 Å². The van der Waals surface area contributed by atoms with Crippen molar-refractivity contribution in [3.05, 3.63) is 6.92 Å². The second-order valence-corrected chi connectivity index (χ2v) is 1.54. The molecule has 0 saturated carbocycles. The van der Waals surface area contributed by atoms with Gasteiger partial charge in [0.05, 0.1) is 6.07 Å². The van der Waals surface area contributed by atoms with Crippen LogP contribution in [0, 0.1) is 24.2 Å². The molecule has 0 aliphatic heterocycles. The number of carbonyl (C=O) groups excluding carboxylic acids is 1. The zero-order valence-corrected chi connectivity index (χ0v) is 4.77. The predicted molar refractivity (Wildman–Crippen MR) is 25.5 cm³/mol. The number of carbonyl (C=O) groups is 1. The number of hydrogen-bond acceptors (Lipinski definition) is 2. The molecule has 5 heteroatoms. The van der Waals surface area contributed by atoms with Crippen molar-refractivity contribution in [2.45, 2.75) is 6.18 Å². The van der Waals surface area contributed by atoms with Crippen LogP contribution in [0.1, 0.15) is 0 Å². The summed E-state index contributed by atoms with van der Waals surface area (Å²) in [4.78, 5) is 9.99. The van der Waals surface area contributed by atoms with E-state index in [0.717, 1.165) is 6.07 Å². The maximum atomic E-state index is 11.3. The SMILES string of the molecule is [CH2]C(C#N)C(=O)C(F)(F)F. The summed E-state index contributed by atoms with van der Waals surface area (Å²) in [5, 5.41) is 7.84. The molecule has 2 nitrogen and oxygen atoms in total. The van der Waals surface area contributed by atoms with Crippen LogP contribution < -0.4 is 0 Å². The zero-order chi connectivity index (χ0) is 8.36. The summed E-state index contributed by atoms with van der Waals surface area (Å²) in [5.74, 6) is -3.95. The summed E-state index contributed by atoms with van der Waals surface area (Å²) in [7, 11) is 0. The molecule has 0 N–H and O–H groups in total. The maximum Gasteiger partial charge on any atom is 0.451 e. The van der Waals surface area contributed by atoms with Gasteiger partial charge < -0.3 is 0 Å². The van der Waals surface area contributed by atoms with E-state index in [1.54, 1.807) is 0 Å². The molecule has 0 bridgehead atoms. The Hall–Kier alpha value is -1.05. The van der Waals surface area contributed by atoms with Crippen molar-refractivity contribution in [1.29, 1.82) is 5.26 Å². The van der Waals surface area contributed by atoms with E-state index in [4.69, 9.17) is 5.26 Å². The van der Waals surface area contributed by atoms with Crippen LogP contribution in [0.2, 0.25) is 0 Å². The number of rotatable bonds is 1. The zero-order valence-electron chi connectivity index (χ0n) is 4.77. The van der Waals surface area contributed by atoms with Gasteiger partial charge in [-0.3, -0.25) is 4.79 Å². The number of halogens is 3. The standard InChI is InChI=1S/C5H3F3NO/c1-3(2-9)4(10)5(6,7)8/h3H,1H2. The van der Waals surface area contributed by atoms with E-state index in [0.29, 0.717) is 0 Å². The molecule has 0 aromatic heterocycles. The Labute approximate surface area is 55.2 Å². The van der Waals surface area contributed by atoms with Crippen molar-refractivity contribution in [2.75, 3.05) is 0 Å². The van der Waals surface area contributed by atoms with Gasteiger partial charge in [0.25, 0.3) is 5.78 Å². The molecule has 0 rings (SSSR count). The van der Waals surface area contributed by atoms with E-state index in [9.17, 15) is 18.0 Å². The van der Waals surface area contributed by atoms with Crippen LogP contribution in [0.4, 0.5) is 13.2 Å². The molecule has 0 aromatic carbocycles. The summed E-state index contributed by atoms with van der Waals surface area (Å²) >= 11 is 0. The molecule has 0 aromatic rings. The Kier molecular flexibility index (Phi) is 2.41. The van der Waals surface area contributed by atoms with Gasteiger partial charge in [0, 0.05) is 0 Å². The molecular formula is C5H3F3NO. The molecule has 0 fully saturated rings. The molecule has 0 amide bonds. The molecule has 0 spiro atoms. The summed E-state index contributed by atoms with van der Waals surface area (Å²) in [6.45, 7) is 2.69. The molecule has 0 aliphatic carbocycles. The van der Waals surface area contributed by atoms with Gasteiger partial charge in [-0.25, -0.2) is 0 Å². The third-order valence-electron chi connectivity index (χ3n) is 0.752. The summed E-state index contributed by atoms with van der Waals surface area (Å²) in [6, 6.07) is 1.09. The molecule has 0 heterocycles. The van der Waals surface area contributed by atoms with Gasteiger partial charge in [-0.1, -0.05) is 0 Å². The van der Waals surface area contributed by atoms with E-state index in [1.165, 1.54) is 0 Å². The molecule has 0 saturated heterocycles. The molecular weight excluding hydrogens is 147 g/mol. The minimum atomic E-state index is -4.94. The highest BCUT2D eigenvalue weighted by Gasteiger charge is 2.41. The van der Waals surface area contributed by atoms with Gasteiger partial charge in [-0.2, -0.15) is 18.4 Å². The average molecular weight is 150 g/mol. The first-order chi connectivity index (χ1) is 4.39. The highest BCUT2D eigenvalue weighted by molar-refractivity contribution is 5.88. The van der Waals surface area contributed by atoms with E-state index in [2.05, 4.69) is 6.92 Å². The Balaban J connectivity index is 4.27. The van der Waals surface area contributed by atoms with Gasteiger partial charge in [0.1, 0.15) is 5.92 Å². The number of nitriles is 1. The number of Topliss-reactive ketones (excluding diaryl/α,β-unsaturated/α-hetero) is 1. The number of nitrogens with zero attached hydrogens (tertiary/aromatic N) is 1. The number of hydrogen-bond donors (Lipinski definition) is 0. The Morgan fingerprint density at radius 2 is 2.00 bits per heavy atom. The predicted octanol–water partition coefficient (Wildman–Crippen LogP) is 1.09. The second kappa shape index (κ2) is 2.69. The van der Waals surface area contributed by atoms with E-state index >= 15 is 0 Å². The normalized spacial score (nSPS) is 13.9. The highest BCUT2D eigenvalue weighted by Crippen LogP contribution is 2.19. The van der Waals surface area contributed by atoms with Crippen LogP contribution in [-0.4, -0.2) is 12.0 Å². The first-order valence-corrected chi connectivity index (χ1v) is 2.23. The lowest BCUT2D eigenvalue weighted by atomic mass is 10.1. The van der Waals surface area contributed by atoms with Crippen molar-refractivity contribution in [1.82, 2.24) is 0 Å².